The standard InChI is InChI=1S/C45H75N4O6/c1-30(2)36(55-40(52)48-19-11-20-48)32-28-31(3)35-37(54-32)38(50)43(8)34-13-12-33(41(4,5)6)44(29-45(34,44)16-15-42(35,43)7)14-9-27-53-39(51)49-25-23-47(24-26-49)22-21-46-17-10-18-46/h30-38,50H,8-29H2,1-7H3/q-1. The molecule has 8 rings (SSSR count). The van der Waals surface area contributed by atoms with Crippen molar-refractivity contribution in [3.63, 3.8) is 0 Å². The molecule has 1 spiro atoms. The zero-order chi connectivity index (χ0) is 39.1. The Balaban J connectivity index is 0.939. The van der Waals surface area contributed by atoms with Gasteiger partial charge in [0.25, 0.3) is 0 Å². The third-order valence-electron chi connectivity index (χ3n) is 17.6. The fourth-order valence-corrected chi connectivity index (χ4v) is 14.5. The quantitative estimate of drug-likeness (QED) is 0.189. The van der Waals surface area contributed by atoms with Crippen LogP contribution in [0.4, 0.5) is 9.59 Å². The molecule has 10 nitrogen and oxygen atoms in total. The van der Waals surface area contributed by atoms with Crippen LogP contribution in [0, 0.1) is 63.6 Å². The van der Waals surface area contributed by atoms with Crippen molar-refractivity contribution in [2.75, 3.05) is 72.1 Å². The van der Waals surface area contributed by atoms with E-state index < -0.39 is 11.5 Å². The second-order valence-corrected chi connectivity index (χ2v) is 21.5. The molecule has 0 aromatic rings. The summed E-state index contributed by atoms with van der Waals surface area (Å²) in [5.74, 6) is 1.54. The summed E-state index contributed by atoms with van der Waals surface area (Å²) < 4.78 is 19.2. The van der Waals surface area contributed by atoms with Crippen molar-refractivity contribution >= 4 is 12.2 Å². The lowest BCUT2D eigenvalue weighted by atomic mass is 9.42. The van der Waals surface area contributed by atoms with E-state index in [1.54, 1.807) is 4.90 Å². The second kappa shape index (κ2) is 14.6. The van der Waals surface area contributed by atoms with Gasteiger partial charge in [-0.05, 0) is 116 Å². The molecule has 4 saturated heterocycles. The van der Waals surface area contributed by atoms with Crippen molar-refractivity contribution < 1.29 is 28.9 Å². The van der Waals surface area contributed by atoms with E-state index in [9.17, 15) is 14.7 Å². The molecule has 8 aliphatic rings. The van der Waals surface area contributed by atoms with E-state index in [-0.39, 0.29) is 64.0 Å². The van der Waals surface area contributed by atoms with Crippen molar-refractivity contribution in [3.05, 3.63) is 6.92 Å². The Morgan fingerprint density at radius 3 is 2.18 bits per heavy atom. The van der Waals surface area contributed by atoms with Gasteiger partial charge in [0.2, 0.25) is 0 Å². The molecule has 0 aromatic carbocycles. The van der Waals surface area contributed by atoms with E-state index in [1.807, 2.05) is 4.90 Å². The minimum atomic E-state index is -0.671. The Morgan fingerprint density at radius 2 is 1.58 bits per heavy atom. The summed E-state index contributed by atoms with van der Waals surface area (Å²) >= 11 is 0. The largest absolute Gasteiger partial charge is 0.449 e. The molecule has 0 bridgehead atoms. The number of nitrogens with zero attached hydrogens (tertiary/aromatic N) is 4. The molecule has 4 heterocycles. The molecule has 4 saturated carbocycles. The van der Waals surface area contributed by atoms with Crippen LogP contribution in [0.15, 0.2) is 0 Å². The fraction of sp³-hybridized carbons (Fsp3) is 0.933. The van der Waals surface area contributed by atoms with Gasteiger partial charge in [-0.1, -0.05) is 60.8 Å². The number of aliphatic hydroxyl groups is 1. The summed E-state index contributed by atoms with van der Waals surface area (Å²) in [6.45, 7) is 31.5. The SMILES string of the molecule is [CH2-]C12C(O)C3OC(C(OC(=O)N4CCC4)C(C)C)CC(C)C3C1(C)CCC13CC1(CCCOC(=O)N1CCN(CCN4CCC4)CC1)C(C(C)(C)C)CCC32. The average Bonchev–Trinajstić information content (AvgIpc) is 3.72. The van der Waals surface area contributed by atoms with Gasteiger partial charge in [-0.3, -0.25) is 4.90 Å². The molecule has 1 N–H and O–H groups in total. The zero-order valence-electron chi connectivity index (χ0n) is 35.5. The molecule has 2 amide bonds. The predicted molar refractivity (Wildman–Crippen MR) is 213 cm³/mol. The summed E-state index contributed by atoms with van der Waals surface area (Å²) in [6, 6.07) is 0. The van der Waals surface area contributed by atoms with Crippen LogP contribution in [0.2, 0.25) is 0 Å². The molecule has 12 atom stereocenters. The Kier molecular flexibility index (Phi) is 10.7. The molecule has 0 aromatic heterocycles. The van der Waals surface area contributed by atoms with Crippen LogP contribution in [0.25, 0.3) is 0 Å². The van der Waals surface area contributed by atoms with Gasteiger partial charge in [0.1, 0.15) is 6.10 Å². The number of ether oxygens (including phenoxy) is 3. The van der Waals surface area contributed by atoms with Crippen LogP contribution in [0.5, 0.6) is 0 Å². The van der Waals surface area contributed by atoms with Crippen LogP contribution in [-0.2, 0) is 14.2 Å². The molecule has 10 heteroatoms. The molecule has 4 aliphatic carbocycles. The number of likely N-dealkylation sites (tertiary alicyclic amines) is 2. The highest BCUT2D eigenvalue weighted by Crippen LogP contribution is 2.88. The number of fused-ring (bicyclic) bond motifs is 4. The van der Waals surface area contributed by atoms with E-state index in [0.29, 0.717) is 24.4 Å². The lowest BCUT2D eigenvalue weighted by molar-refractivity contribution is -0.180. The topological polar surface area (TPSA) is 95.0 Å². The predicted octanol–water partition coefficient (Wildman–Crippen LogP) is 6.95. The number of hydrogen-bond acceptors (Lipinski definition) is 8. The van der Waals surface area contributed by atoms with Crippen LogP contribution in [0.1, 0.15) is 113 Å². The van der Waals surface area contributed by atoms with Crippen LogP contribution >= 0.6 is 0 Å². The molecule has 55 heavy (non-hydrogen) atoms. The number of aliphatic hydroxyl groups excluding tert-OH is 1. The molecule has 4 aliphatic heterocycles. The first-order valence-corrected chi connectivity index (χ1v) is 22.6. The summed E-state index contributed by atoms with van der Waals surface area (Å²) in [4.78, 5) is 34.9. The van der Waals surface area contributed by atoms with Crippen molar-refractivity contribution in [3.8, 4) is 0 Å². The molecule has 12 unspecified atom stereocenters. The number of piperazine rings is 1. The number of carbonyl (C=O) groups excluding carboxylic acids is 2. The lowest BCUT2D eigenvalue weighted by Crippen LogP contribution is -2.58. The minimum absolute atomic E-state index is 0.112. The first kappa shape index (κ1) is 40.2. The lowest BCUT2D eigenvalue weighted by Gasteiger charge is -2.66. The van der Waals surface area contributed by atoms with Gasteiger partial charge in [0.15, 0.2) is 0 Å². The molecule has 8 fully saturated rings. The number of carbonyl (C=O) groups is 2. The maximum atomic E-state index is 13.2. The van der Waals surface area contributed by atoms with Gasteiger partial charge in [0, 0.05) is 52.4 Å². The number of hydrogen-bond donors (Lipinski definition) is 1. The highest BCUT2D eigenvalue weighted by Gasteiger charge is 2.81. The number of rotatable bonds is 10. The van der Waals surface area contributed by atoms with Crippen molar-refractivity contribution in [2.45, 2.75) is 137 Å². The van der Waals surface area contributed by atoms with Gasteiger partial charge in [0.05, 0.1) is 24.9 Å². The van der Waals surface area contributed by atoms with Crippen LogP contribution in [0.3, 0.4) is 0 Å². The Labute approximate surface area is 332 Å². The molecular weight excluding hydrogens is 693 g/mol. The summed E-state index contributed by atoms with van der Waals surface area (Å²) in [5.41, 5.74) is -0.172. The molecular formula is C45H75N4O6-. The van der Waals surface area contributed by atoms with E-state index in [4.69, 9.17) is 21.1 Å². The Bertz CT molecular complexity index is 1420. The fourth-order valence-electron chi connectivity index (χ4n) is 14.5. The van der Waals surface area contributed by atoms with Crippen molar-refractivity contribution in [2.24, 2.45) is 56.7 Å². The first-order chi connectivity index (χ1) is 26.1. The van der Waals surface area contributed by atoms with Gasteiger partial charge in [-0.2, -0.15) is 0 Å². The van der Waals surface area contributed by atoms with E-state index in [2.05, 4.69) is 58.3 Å². The minimum Gasteiger partial charge on any atom is -0.449 e. The normalized spacial score (nSPS) is 43.3. The van der Waals surface area contributed by atoms with E-state index in [1.165, 1.54) is 32.4 Å². The third-order valence-corrected chi connectivity index (χ3v) is 17.6. The highest BCUT2D eigenvalue weighted by molar-refractivity contribution is 5.68. The summed E-state index contributed by atoms with van der Waals surface area (Å²) in [6.07, 6.45) is 8.84. The maximum absolute atomic E-state index is 13.2. The number of amides is 2. The average molecular weight is 768 g/mol. The van der Waals surface area contributed by atoms with E-state index in [0.717, 1.165) is 97.3 Å². The van der Waals surface area contributed by atoms with Crippen LogP contribution < -0.4 is 0 Å². The van der Waals surface area contributed by atoms with Crippen molar-refractivity contribution in [1.82, 2.24) is 19.6 Å². The van der Waals surface area contributed by atoms with Crippen molar-refractivity contribution in [1.29, 1.82) is 0 Å². The van der Waals surface area contributed by atoms with Gasteiger partial charge in [-0.25, -0.2) is 9.59 Å². The summed E-state index contributed by atoms with van der Waals surface area (Å²) in [5, 5.41) is 12.7. The molecule has 312 valence electrons. The first-order valence-electron chi connectivity index (χ1n) is 22.6. The Hall–Kier alpha value is -1.62. The molecule has 0 radical (unpaired) electrons. The third kappa shape index (κ3) is 6.47. The summed E-state index contributed by atoms with van der Waals surface area (Å²) in [7, 11) is 0. The Morgan fingerprint density at radius 1 is 0.927 bits per heavy atom. The van der Waals surface area contributed by atoms with Crippen LogP contribution in [-0.4, -0.2) is 133 Å². The van der Waals surface area contributed by atoms with E-state index >= 15 is 0 Å². The zero-order valence-corrected chi connectivity index (χ0v) is 35.5. The van der Waals surface area contributed by atoms with Gasteiger partial charge < -0.3 is 40.9 Å². The smallest absolute Gasteiger partial charge is 0.410 e. The monoisotopic (exact) mass is 768 g/mol. The van der Waals surface area contributed by atoms with Gasteiger partial charge in [-0.15, -0.1) is 5.41 Å². The second-order valence-electron chi connectivity index (χ2n) is 21.5. The maximum Gasteiger partial charge on any atom is 0.410 e. The van der Waals surface area contributed by atoms with Gasteiger partial charge >= 0.3 is 12.2 Å². The highest BCUT2D eigenvalue weighted by atomic mass is 16.6.